The second-order valence-electron chi connectivity index (χ2n) is 5.28. The number of hydrogen-bond donors (Lipinski definition) is 1. The largest absolute Gasteiger partial charge is 0.370 e. The van der Waals surface area contributed by atoms with Crippen LogP contribution in [0.25, 0.3) is 0 Å². The first-order valence-electron chi connectivity index (χ1n) is 6.80. The summed E-state index contributed by atoms with van der Waals surface area (Å²) in [6, 6.07) is 0.655. The van der Waals surface area contributed by atoms with Crippen molar-refractivity contribution in [3.63, 3.8) is 0 Å². The van der Waals surface area contributed by atoms with Crippen LogP contribution in [0.15, 0.2) is 4.52 Å². The Morgan fingerprint density at radius 1 is 1.33 bits per heavy atom. The van der Waals surface area contributed by atoms with E-state index in [2.05, 4.69) is 15.5 Å². The fraction of sp³-hybridized carbons (Fsp3) is 0.846. The maximum absolute atomic E-state index is 5.84. The van der Waals surface area contributed by atoms with Crippen LogP contribution in [0.4, 0.5) is 0 Å². The van der Waals surface area contributed by atoms with Crippen LogP contribution in [0, 0.1) is 0 Å². The van der Waals surface area contributed by atoms with Crippen LogP contribution in [-0.2, 0) is 11.3 Å². The lowest BCUT2D eigenvalue weighted by atomic mass is 9.93. The molecule has 0 atom stereocenters. The molecule has 1 N–H and O–H groups in total. The Bertz CT molecular complexity index is 357. The molecular weight excluding hydrogens is 230 g/mol. The van der Waals surface area contributed by atoms with Crippen molar-refractivity contribution >= 4 is 0 Å². The normalized spacial score (nSPS) is 24.7. The van der Waals surface area contributed by atoms with Crippen molar-refractivity contribution < 1.29 is 9.26 Å². The average Bonchev–Trinajstić information content (AvgIpc) is 2.86. The standard InChI is InChI=1S/C13H23N3O2/c1-9(2)13-15-12(16-18-13)8-17-11-6-4-10(14-3)5-7-11/h9-11,14H,4-8H2,1-3H3. The summed E-state index contributed by atoms with van der Waals surface area (Å²) in [7, 11) is 2.03. The highest BCUT2D eigenvalue weighted by atomic mass is 16.5. The number of hydrogen-bond acceptors (Lipinski definition) is 5. The molecule has 0 spiro atoms. The van der Waals surface area contributed by atoms with Gasteiger partial charge in [-0.25, -0.2) is 0 Å². The monoisotopic (exact) mass is 253 g/mol. The first-order chi connectivity index (χ1) is 8.69. The van der Waals surface area contributed by atoms with Crippen LogP contribution in [0.3, 0.4) is 0 Å². The van der Waals surface area contributed by atoms with Gasteiger partial charge in [0.05, 0.1) is 6.10 Å². The van der Waals surface area contributed by atoms with Gasteiger partial charge in [0.15, 0.2) is 5.82 Å². The molecule has 0 saturated heterocycles. The Kier molecular flexibility index (Phi) is 4.72. The highest BCUT2D eigenvalue weighted by Crippen LogP contribution is 2.22. The van der Waals surface area contributed by atoms with Gasteiger partial charge in [0.25, 0.3) is 0 Å². The van der Waals surface area contributed by atoms with Crippen molar-refractivity contribution in [3.05, 3.63) is 11.7 Å². The molecule has 1 saturated carbocycles. The lowest BCUT2D eigenvalue weighted by molar-refractivity contribution is 0.00793. The molecule has 0 radical (unpaired) electrons. The molecule has 0 aromatic carbocycles. The van der Waals surface area contributed by atoms with E-state index in [0.717, 1.165) is 12.8 Å². The van der Waals surface area contributed by atoms with Crippen molar-refractivity contribution in [2.24, 2.45) is 0 Å². The van der Waals surface area contributed by atoms with E-state index < -0.39 is 0 Å². The molecule has 0 unspecified atom stereocenters. The van der Waals surface area contributed by atoms with E-state index in [9.17, 15) is 0 Å². The number of rotatable bonds is 5. The zero-order valence-corrected chi connectivity index (χ0v) is 11.5. The topological polar surface area (TPSA) is 60.2 Å². The molecule has 5 heteroatoms. The molecule has 0 bridgehead atoms. The quantitative estimate of drug-likeness (QED) is 0.872. The van der Waals surface area contributed by atoms with E-state index >= 15 is 0 Å². The van der Waals surface area contributed by atoms with Gasteiger partial charge in [-0.2, -0.15) is 4.98 Å². The number of ether oxygens (including phenoxy) is 1. The Balaban J connectivity index is 1.74. The molecule has 1 fully saturated rings. The molecule has 1 aromatic heterocycles. The highest BCUT2D eigenvalue weighted by molar-refractivity contribution is 4.89. The Morgan fingerprint density at radius 3 is 2.61 bits per heavy atom. The average molecular weight is 253 g/mol. The Hall–Kier alpha value is -0.940. The van der Waals surface area contributed by atoms with Crippen LogP contribution in [-0.4, -0.2) is 29.3 Å². The summed E-state index contributed by atoms with van der Waals surface area (Å²) < 4.78 is 11.0. The van der Waals surface area contributed by atoms with Crippen LogP contribution >= 0.6 is 0 Å². The minimum atomic E-state index is 0.275. The molecule has 0 amide bonds. The molecule has 18 heavy (non-hydrogen) atoms. The molecule has 5 nitrogen and oxygen atoms in total. The fourth-order valence-electron chi connectivity index (χ4n) is 2.27. The second kappa shape index (κ2) is 6.29. The van der Waals surface area contributed by atoms with Crippen LogP contribution in [0.5, 0.6) is 0 Å². The van der Waals surface area contributed by atoms with Crippen LogP contribution in [0.2, 0.25) is 0 Å². The first kappa shape index (κ1) is 13.5. The Morgan fingerprint density at radius 2 is 2.06 bits per heavy atom. The van der Waals surface area contributed by atoms with Crippen molar-refractivity contribution in [3.8, 4) is 0 Å². The summed E-state index contributed by atoms with van der Waals surface area (Å²) in [6.07, 6.45) is 4.94. The predicted octanol–water partition coefficient (Wildman–Crippen LogP) is 2.24. The summed E-state index contributed by atoms with van der Waals surface area (Å²) in [5.41, 5.74) is 0. The molecule has 2 rings (SSSR count). The third-order valence-corrected chi connectivity index (χ3v) is 3.51. The summed E-state index contributed by atoms with van der Waals surface area (Å²) in [6.45, 7) is 4.54. The van der Waals surface area contributed by atoms with E-state index in [4.69, 9.17) is 9.26 Å². The molecule has 102 valence electrons. The van der Waals surface area contributed by atoms with Gasteiger partial charge in [0.1, 0.15) is 6.61 Å². The van der Waals surface area contributed by atoms with Crippen molar-refractivity contribution in [1.82, 2.24) is 15.5 Å². The van der Waals surface area contributed by atoms with Gasteiger partial charge in [-0.05, 0) is 32.7 Å². The lowest BCUT2D eigenvalue weighted by Gasteiger charge is -2.27. The van der Waals surface area contributed by atoms with E-state index in [1.165, 1.54) is 12.8 Å². The highest BCUT2D eigenvalue weighted by Gasteiger charge is 2.21. The molecule has 1 aliphatic rings. The minimum absolute atomic E-state index is 0.275. The fourth-order valence-corrected chi connectivity index (χ4v) is 2.27. The minimum Gasteiger partial charge on any atom is -0.370 e. The van der Waals surface area contributed by atoms with Crippen molar-refractivity contribution in [2.45, 2.75) is 64.2 Å². The molecule has 1 aromatic rings. The van der Waals surface area contributed by atoms with Crippen LogP contribution in [0.1, 0.15) is 57.2 Å². The maximum Gasteiger partial charge on any atom is 0.229 e. The molecule has 1 heterocycles. The number of nitrogens with zero attached hydrogens (tertiary/aromatic N) is 2. The van der Waals surface area contributed by atoms with Gasteiger partial charge in [-0.15, -0.1) is 0 Å². The van der Waals surface area contributed by atoms with E-state index in [-0.39, 0.29) is 5.92 Å². The second-order valence-corrected chi connectivity index (χ2v) is 5.28. The summed E-state index contributed by atoms with van der Waals surface area (Å²) in [5.74, 6) is 1.62. The number of aromatic nitrogens is 2. The van der Waals surface area contributed by atoms with Gasteiger partial charge in [0.2, 0.25) is 5.89 Å². The van der Waals surface area contributed by atoms with Gasteiger partial charge < -0.3 is 14.6 Å². The van der Waals surface area contributed by atoms with Crippen molar-refractivity contribution in [2.75, 3.05) is 7.05 Å². The smallest absolute Gasteiger partial charge is 0.229 e. The maximum atomic E-state index is 5.84. The summed E-state index contributed by atoms with van der Waals surface area (Å²) in [5, 5.41) is 7.25. The number of nitrogens with one attached hydrogen (secondary N) is 1. The zero-order chi connectivity index (χ0) is 13.0. The third-order valence-electron chi connectivity index (χ3n) is 3.51. The van der Waals surface area contributed by atoms with Crippen molar-refractivity contribution in [1.29, 1.82) is 0 Å². The molecule has 0 aliphatic heterocycles. The van der Waals surface area contributed by atoms with Gasteiger partial charge in [-0.1, -0.05) is 19.0 Å². The van der Waals surface area contributed by atoms with Gasteiger partial charge in [-0.3, -0.25) is 0 Å². The Labute approximate surface area is 108 Å². The summed E-state index contributed by atoms with van der Waals surface area (Å²) >= 11 is 0. The van der Waals surface area contributed by atoms with E-state index in [0.29, 0.717) is 30.5 Å². The summed E-state index contributed by atoms with van der Waals surface area (Å²) in [4.78, 5) is 4.31. The van der Waals surface area contributed by atoms with E-state index in [1.807, 2.05) is 20.9 Å². The van der Waals surface area contributed by atoms with Gasteiger partial charge >= 0.3 is 0 Å². The third kappa shape index (κ3) is 3.53. The predicted molar refractivity (Wildman–Crippen MR) is 68.3 cm³/mol. The van der Waals surface area contributed by atoms with Gasteiger partial charge in [0, 0.05) is 12.0 Å². The first-order valence-corrected chi connectivity index (χ1v) is 6.80. The van der Waals surface area contributed by atoms with Crippen LogP contribution < -0.4 is 5.32 Å². The molecular formula is C13H23N3O2. The SMILES string of the molecule is CNC1CCC(OCc2noc(C(C)C)n2)CC1. The zero-order valence-electron chi connectivity index (χ0n) is 11.5. The lowest BCUT2D eigenvalue weighted by Crippen LogP contribution is -2.32. The molecule has 1 aliphatic carbocycles. The van der Waals surface area contributed by atoms with E-state index in [1.54, 1.807) is 0 Å².